The van der Waals surface area contributed by atoms with Gasteiger partial charge in [0.25, 0.3) is 0 Å². The van der Waals surface area contributed by atoms with Crippen molar-refractivity contribution in [1.82, 2.24) is 0 Å². The van der Waals surface area contributed by atoms with Crippen molar-refractivity contribution in [3.8, 4) is 0 Å². The lowest BCUT2D eigenvalue weighted by Crippen LogP contribution is -2.09. The number of rotatable bonds is 2. The highest BCUT2D eigenvalue weighted by Crippen LogP contribution is 2.62. The molecule has 2 N–H and O–H groups in total. The molecule has 9 heteroatoms. The number of hydrogen-bond donors (Lipinski definition) is 2. The van der Waals surface area contributed by atoms with Gasteiger partial charge in [0.1, 0.15) is 0 Å². The summed E-state index contributed by atoms with van der Waals surface area (Å²) in [5, 5.41) is 0. The normalized spacial score (nSPS) is 23.8. The van der Waals surface area contributed by atoms with Crippen LogP contribution in [0.2, 0.25) is 0 Å². The summed E-state index contributed by atoms with van der Waals surface area (Å²) in [5.74, 6) is 0. The minimum absolute atomic E-state index is 0.108. The molecule has 0 aromatic heterocycles. The van der Waals surface area contributed by atoms with Gasteiger partial charge in [-0.05, 0) is 6.42 Å². The fourth-order valence-corrected chi connectivity index (χ4v) is 2.83. The standard InChI is InChI=1S/C3H8O7P2/c4-11(5,6)10-12(7)8-2-1-3-9-12/h1-3H2,(H2,4,5,6). The summed E-state index contributed by atoms with van der Waals surface area (Å²) in [7, 11) is -8.81. The Morgan fingerprint density at radius 1 is 1.33 bits per heavy atom. The molecule has 1 saturated heterocycles. The molecule has 0 aliphatic carbocycles. The van der Waals surface area contributed by atoms with Gasteiger partial charge in [-0.2, -0.15) is 4.31 Å². The first-order chi connectivity index (χ1) is 5.41. The Bertz CT molecular complexity index is 233. The van der Waals surface area contributed by atoms with Crippen LogP contribution >= 0.6 is 15.6 Å². The first-order valence-corrected chi connectivity index (χ1v) is 6.06. The largest absolute Gasteiger partial charge is 0.483 e. The fourth-order valence-electron chi connectivity index (χ4n) is 0.626. The Balaban J connectivity index is 2.59. The number of hydrogen-bond acceptors (Lipinski definition) is 5. The second kappa shape index (κ2) is 3.55. The van der Waals surface area contributed by atoms with E-state index in [1.54, 1.807) is 0 Å². The fraction of sp³-hybridized carbons (Fsp3) is 1.00. The van der Waals surface area contributed by atoms with E-state index in [1.165, 1.54) is 0 Å². The van der Waals surface area contributed by atoms with Gasteiger partial charge in [-0.3, -0.25) is 9.05 Å². The van der Waals surface area contributed by atoms with Gasteiger partial charge < -0.3 is 9.79 Å². The molecular weight excluding hydrogens is 210 g/mol. The lowest BCUT2D eigenvalue weighted by atomic mass is 10.5. The molecule has 1 aliphatic heterocycles. The van der Waals surface area contributed by atoms with Gasteiger partial charge in [0.05, 0.1) is 13.2 Å². The second-order valence-corrected chi connectivity index (χ2v) is 5.08. The van der Waals surface area contributed by atoms with Crippen LogP contribution in [0.25, 0.3) is 0 Å². The zero-order valence-electron chi connectivity index (χ0n) is 5.95. The van der Waals surface area contributed by atoms with Crippen molar-refractivity contribution >= 4 is 15.6 Å². The topological polar surface area (TPSA) is 102 Å². The SMILES string of the molecule is O=P(O)(O)OP1(=O)OCCCO1. The molecule has 0 aromatic rings. The zero-order valence-corrected chi connectivity index (χ0v) is 7.74. The lowest BCUT2D eigenvalue weighted by Gasteiger charge is -2.21. The molecule has 1 rings (SSSR count). The summed E-state index contributed by atoms with van der Waals surface area (Å²) in [6, 6.07) is 0. The van der Waals surface area contributed by atoms with Crippen molar-refractivity contribution in [2.45, 2.75) is 6.42 Å². The van der Waals surface area contributed by atoms with Crippen molar-refractivity contribution in [2.24, 2.45) is 0 Å². The van der Waals surface area contributed by atoms with E-state index in [1.807, 2.05) is 0 Å². The number of phosphoric ester groups is 1. The first-order valence-electron chi connectivity index (χ1n) is 3.07. The highest BCUT2D eigenvalue weighted by Gasteiger charge is 2.37. The van der Waals surface area contributed by atoms with Gasteiger partial charge in [-0.25, -0.2) is 9.13 Å². The third-order valence-corrected chi connectivity index (χ3v) is 3.64. The van der Waals surface area contributed by atoms with Crippen LogP contribution in [0.3, 0.4) is 0 Å². The van der Waals surface area contributed by atoms with Crippen molar-refractivity contribution in [2.75, 3.05) is 13.2 Å². The molecule has 7 nitrogen and oxygen atoms in total. The molecule has 0 aromatic carbocycles. The lowest BCUT2D eigenvalue weighted by molar-refractivity contribution is 0.0972. The molecule has 0 amide bonds. The van der Waals surface area contributed by atoms with Crippen molar-refractivity contribution in [1.29, 1.82) is 0 Å². The van der Waals surface area contributed by atoms with Gasteiger partial charge in [0, 0.05) is 0 Å². The van der Waals surface area contributed by atoms with Crippen LogP contribution in [0, 0.1) is 0 Å². The van der Waals surface area contributed by atoms with Gasteiger partial charge >= 0.3 is 15.6 Å². The molecule has 0 saturated carbocycles. The van der Waals surface area contributed by atoms with Crippen LogP contribution in [-0.4, -0.2) is 23.0 Å². The monoisotopic (exact) mass is 218 g/mol. The van der Waals surface area contributed by atoms with E-state index in [0.29, 0.717) is 6.42 Å². The zero-order chi connectivity index (χ0) is 9.24. The first kappa shape index (κ1) is 10.3. The molecule has 72 valence electrons. The van der Waals surface area contributed by atoms with Crippen LogP contribution in [0.4, 0.5) is 0 Å². The number of phosphoric acid groups is 2. The Labute approximate surface area is 68.5 Å². The van der Waals surface area contributed by atoms with Crippen LogP contribution in [-0.2, 0) is 22.5 Å². The molecule has 1 fully saturated rings. The molecular formula is C3H8O7P2. The third kappa shape index (κ3) is 3.33. The van der Waals surface area contributed by atoms with Crippen molar-refractivity contribution in [3.05, 3.63) is 0 Å². The van der Waals surface area contributed by atoms with E-state index in [9.17, 15) is 9.13 Å². The average Bonchev–Trinajstić information content (AvgIpc) is 1.83. The predicted octanol–water partition coefficient (Wildman–Crippen LogP) is 0.641. The molecule has 0 bridgehead atoms. The van der Waals surface area contributed by atoms with E-state index < -0.39 is 15.6 Å². The van der Waals surface area contributed by atoms with Crippen molar-refractivity contribution in [3.63, 3.8) is 0 Å². The Hall–Kier alpha value is 0.260. The maximum atomic E-state index is 11.1. The maximum absolute atomic E-state index is 11.1. The van der Waals surface area contributed by atoms with Gasteiger partial charge in [-0.1, -0.05) is 0 Å². The van der Waals surface area contributed by atoms with Crippen LogP contribution < -0.4 is 0 Å². The van der Waals surface area contributed by atoms with Crippen LogP contribution in [0.5, 0.6) is 0 Å². The predicted molar refractivity (Wildman–Crippen MR) is 37.3 cm³/mol. The van der Waals surface area contributed by atoms with Gasteiger partial charge in [-0.15, -0.1) is 0 Å². The van der Waals surface area contributed by atoms with E-state index in [0.717, 1.165) is 0 Å². The molecule has 12 heavy (non-hydrogen) atoms. The highest BCUT2D eigenvalue weighted by atomic mass is 31.3. The minimum atomic E-state index is -4.81. The maximum Gasteiger partial charge on any atom is 0.483 e. The molecule has 1 heterocycles. The molecule has 0 unspecified atom stereocenters. The quantitative estimate of drug-likeness (QED) is 0.655. The van der Waals surface area contributed by atoms with E-state index >= 15 is 0 Å². The van der Waals surface area contributed by atoms with E-state index in [4.69, 9.17) is 9.79 Å². The average molecular weight is 218 g/mol. The molecule has 0 radical (unpaired) electrons. The Morgan fingerprint density at radius 2 is 1.83 bits per heavy atom. The molecule has 0 spiro atoms. The molecule has 0 atom stereocenters. The van der Waals surface area contributed by atoms with Gasteiger partial charge in [0.2, 0.25) is 0 Å². The van der Waals surface area contributed by atoms with E-state index in [-0.39, 0.29) is 13.2 Å². The van der Waals surface area contributed by atoms with Gasteiger partial charge in [0.15, 0.2) is 0 Å². The summed E-state index contributed by atoms with van der Waals surface area (Å²) in [6.45, 7) is 0.217. The van der Waals surface area contributed by atoms with Crippen LogP contribution in [0.1, 0.15) is 6.42 Å². The smallest absolute Gasteiger partial charge is 0.302 e. The summed E-state index contributed by atoms with van der Waals surface area (Å²) in [6.07, 6.45) is 0.522. The van der Waals surface area contributed by atoms with Crippen molar-refractivity contribution < 1.29 is 32.3 Å². The highest BCUT2D eigenvalue weighted by molar-refractivity contribution is 7.61. The summed E-state index contributed by atoms with van der Waals surface area (Å²) < 4.78 is 34.1. The Morgan fingerprint density at radius 3 is 2.25 bits per heavy atom. The Kier molecular flexibility index (Phi) is 3.06. The second-order valence-electron chi connectivity index (χ2n) is 2.04. The minimum Gasteiger partial charge on any atom is -0.302 e. The summed E-state index contributed by atoms with van der Waals surface area (Å²) in [5.41, 5.74) is 0. The third-order valence-electron chi connectivity index (χ3n) is 0.994. The summed E-state index contributed by atoms with van der Waals surface area (Å²) in [4.78, 5) is 16.6. The van der Waals surface area contributed by atoms with E-state index in [2.05, 4.69) is 13.4 Å². The summed E-state index contributed by atoms with van der Waals surface area (Å²) >= 11 is 0. The molecule has 1 aliphatic rings. The van der Waals surface area contributed by atoms with Crippen LogP contribution in [0.15, 0.2) is 0 Å².